The summed E-state index contributed by atoms with van der Waals surface area (Å²) in [7, 11) is 0. The smallest absolute Gasteiger partial charge is 0.309 e. The van der Waals surface area contributed by atoms with Crippen molar-refractivity contribution in [1.29, 1.82) is 0 Å². The number of aliphatic carboxylic acids is 1. The number of fused-ring (bicyclic) bond motifs is 7. The maximum absolute atomic E-state index is 13.9. The summed E-state index contributed by atoms with van der Waals surface area (Å²) in [5, 5.41) is 13.1. The molecule has 1 aromatic rings. The number of carbonyl (C=O) groups is 4. The molecular formula is C42H60N2O6. The number of nitrogens with one attached hydrogen (secondary N) is 1. The molecule has 4 saturated carbocycles. The van der Waals surface area contributed by atoms with Gasteiger partial charge in [0.05, 0.1) is 22.9 Å². The van der Waals surface area contributed by atoms with Gasteiger partial charge in [-0.3, -0.25) is 24.2 Å². The van der Waals surface area contributed by atoms with E-state index in [9.17, 15) is 24.3 Å². The van der Waals surface area contributed by atoms with E-state index in [1.165, 1.54) is 5.57 Å². The Kier molecular flexibility index (Phi) is 8.83. The molecule has 1 heterocycles. The van der Waals surface area contributed by atoms with Gasteiger partial charge >= 0.3 is 11.9 Å². The minimum absolute atomic E-state index is 0.0314. The summed E-state index contributed by atoms with van der Waals surface area (Å²) < 4.78 is 6.15. The van der Waals surface area contributed by atoms with Gasteiger partial charge in [0.2, 0.25) is 0 Å². The van der Waals surface area contributed by atoms with Crippen molar-refractivity contribution in [2.45, 2.75) is 145 Å². The Bertz CT molecular complexity index is 1640. The molecule has 0 radical (unpaired) electrons. The molecule has 0 bridgehead atoms. The number of carbonyl (C=O) groups excluding carboxylic acids is 3. The van der Waals surface area contributed by atoms with Crippen molar-refractivity contribution in [3.63, 3.8) is 0 Å². The highest BCUT2D eigenvalue weighted by molar-refractivity contribution is 6.03. The van der Waals surface area contributed by atoms with Gasteiger partial charge in [0.25, 0.3) is 5.91 Å². The van der Waals surface area contributed by atoms with Crippen molar-refractivity contribution < 1.29 is 29.0 Å². The molecule has 50 heavy (non-hydrogen) atoms. The van der Waals surface area contributed by atoms with Crippen molar-refractivity contribution >= 4 is 23.6 Å². The number of aromatic nitrogens is 1. The van der Waals surface area contributed by atoms with Crippen LogP contribution in [0.25, 0.3) is 0 Å². The normalized spacial score (nSPS) is 37.7. The Morgan fingerprint density at radius 1 is 0.960 bits per heavy atom. The number of ketones is 1. The van der Waals surface area contributed by atoms with Gasteiger partial charge in [0.1, 0.15) is 6.10 Å². The lowest BCUT2D eigenvalue weighted by Gasteiger charge is -2.72. The molecule has 0 saturated heterocycles. The Hall–Kier alpha value is -3.03. The van der Waals surface area contributed by atoms with Crippen molar-refractivity contribution in [3.8, 4) is 0 Å². The quantitative estimate of drug-likeness (QED) is 0.277. The molecule has 0 unspecified atom stereocenters. The Labute approximate surface area is 299 Å². The lowest BCUT2D eigenvalue weighted by atomic mass is 9.33. The van der Waals surface area contributed by atoms with Crippen molar-refractivity contribution in [2.24, 2.45) is 50.7 Å². The highest BCUT2D eigenvalue weighted by atomic mass is 16.5. The monoisotopic (exact) mass is 688 g/mol. The molecule has 274 valence electrons. The van der Waals surface area contributed by atoms with Gasteiger partial charge in [-0.15, -0.1) is 0 Å². The highest BCUT2D eigenvalue weighted by Crippen LogP contribution is 2.76. The second-order valence-electron chi connectivity index (χ2n) is 19.2. The number of carboxylic acid groups (broad SMARTS) is 1. The number of allylic oxidation sites excluding steroid dienone is 1. The van der Waals surface area contributed by atoms with E-state index in [1.54, 1.807) is 26.2 Å². The van der Waals surface area contributed by atoms with Crippen LogP contribution >= 0.6 is 0 Å². The number of pyridine rings is 1. The van der Waals surface area contributed by atoms with Crippen LogP contribution < -0.4 is 5.32 Å². The zero-order chi connectivity index (χ0) is 36.8. The van der Waals surface area contributed by atoms with Crippen LogP contribution in [0.2, 0.25) is 0 Å². The zero-order valence-corrected chi connectivity index (χ0v) is 32.1. The van der Waals surface area contributed by atoms with E-state index >= 15 is 0 Å². The summed E-state index contributed by atoms with van der Waals surface area (Å²) in [6, 6.07) is 1.87. The topological polar surface area (TPSA) is 123 Å². The van der Waals surface area contributed by atoms with E-state index in [4.69, 9.17) is 4.74 Å². The molecule has 4 fully saturated rings. The fraction of sp³-hybridized carbons (Fsp3) is 0.738. The van der Waals surface area contributed by atoms with E-state index < -0.39 is 22.9 Å². The third kappa shape index (κ3) is 5.39. The number of hydrogen-bond acceptors (Lipinski definition) is 6. The van der Waals surface area contributed by atoms with Crippen LogP contribution in [-0.4, -0.2) is 45.4 Å². The van der Waals surface area contributed by atoms with Gasteiger partial charge in [-0.1, -0.05) is 48.5 Å². The Balaban J connectivity index is 1.30. The van der Waals surface area contributed by atoms with E-state index in [1.807, 2.05) is 13.0 Å². The number of ether oxygens (including phenoxy) is 1. The lowest BCUT2D eigenvalue weighted by Crippen LogP contribution is -2.67. The first kappa shape index (κ1) is 36.8. The van der Waals surface area contributed by atoms with Gasteiger partial charge in [0, 0.05) is 24.2 Å². The van der Waals surface area contributed by atoms with Gasteiger partial charge in [-0.2, -0.15) is 0 Å². The molecule has 8 atom stereocenters. The second-order valence-corrected chi connectivity index (χ2v) is 19.2. The van der Waals surface area contributed by atoms with Crippen molar-refractivity contribution in [3.05, 3.63) is 40.7 Å². The first-order valence-corrected chi connectivity index (χ1v) is 19.1. The van der Waals surface area contributed by atoms with Crippen LogP contribution in [0.3, 0.4) is 0 Å². The van der Waals surface area contributed by atoms with Crippen LogP contribution in [0.1, 0.15) is 142 Å². The van der Waals surface area contributed by atoms with Crippen LogP contribution in [0, 0.1) is 57.7 Å². The predicted octanol–water partition coefficient (Wildman–Crippen LogP) is 8.27. The maximum atomic E-state index is 13.9. The molecule has 1 amide bonds. The van der Waals surface area contributed by atoms with Crippen LogP contribution in [-0.2, 0) is 19.1 Å². The van der Waals surface area contributed by atoms with Gasteiger partial charge < -0.3 is 15.2 Å². The summed E-state index contributed by atoms with van der Waals surface area (Å²) in [5.41, 5.74) is 1.58. The van der Waals surface area contributed by atoms with Crippen LogP contribution in [0.4, 0.5) is 0 Å². The van der Waals surface area contributed by atoms with Gasteiger partial charge in [-0.05, 0) is 135 Å². The largest absolute Gasteiger partial charge is 0.481 e. The number of hydrogen-bond donors (Lipinski definition) is 2. The fourth-order valence-corrected chi connectivity index (χ4v) is 12.5. The average molecular weight is 689 g/mol. The summed E-state index contributed by atoms with van der Waals surface area (Å²) in [4.78, 5) is 56.8. The maximum Gasteiger partial charge on any atom is 0.309 e. The molecule has 8 heteroatoms. The molecule has 8 nitrogen and oxygen atoms in total. The Morgan fingerprint density at radius 3 is 2.30 bits per heavy atom. The molecule has 2 N–H and O–H groups in total. The Morgan fingerprint density at radius 2 is 1.66 bits per heavy atom. The number of aryl methyl sites for hydroxylation is 1. The van der Waals surface area contributed by atoms with Crippen molar-refractivity contribution in [2.75, 3.05) is 0 Å². The number of Topliss-reactive ketones (excluding diaryl/α,β-unsaturated/α-hetero) is 1. The molecule has 5 aliphatic carbocycles. The summed E-state index contributed by atoms with van der Waals surface area (Å²) in [5.74, 6) is -0.272. The number of carboxylic acids is 1. The second kappa shape index (κ2) is 12.0. The average Bonchev–Trinajstić information content (AvgIpc) is 3.30. The zero-order valence-electron chi connectivity index (χ0n) is 32.1. The molecule has 0 aliphatic heterocycles. The van der Waals surface area contributed by atoms with E-state index in [-0.39, 0.29) is 57.7 Å². The number of rotatable bonds is 7. The molecule has 5 aliphatic rings. The van der Waals surface area contributed by atoms with Gasteiger partial charge in [0.15, 0.2) is 5.78 Å². The van der Waals surface area contributed by atoms with Crippen LogP contribution in [0.15, 0.2) is 29.6 Å². The first-order valence-electron chi connectivity index (χ1n) is 19.1. The third-order valence-corrected chi connectivity index (χ3v) is 15.3. The molecule has 0 spiro atoms. The molecular weight excluding hydrogens is 628 g/mol. The molecule has 6 rings (SSSR count). The number of nitrogens with zero attached hydrogens (tertiary/aromatic N) is 1. The summed E-state index contributed by atoms with van der Waals surface area (Å²) >= 11 is 0. The standard InChI is InChI=1S/C42H60N2O6/c1-24(2)33-28(45)20-42(44-35(47)26-19-25(3)22-43-23-26)18-17-40(9)27(34(33)42)11-12-30-39(8)15-14-31(50-32(46)21-37(4,5)36(48)49)38(6,7)29(39)13-16-41(30,40)10/h19,22-24,27,29-31H,11-18,20-21H2,1-10H3,(H,44,47)(H,48,49)/t27-,29+,30-,31+,39+,40-,41-,42-/m1/s1. The fourth-order valence-electron chi connectivity index (χ4n) is 12.5. The molecule has 1 aromatic heterocycles. The third-order valence-electron chi connectivity index (χ3n) is 15.3. The van der Waals surface area contributed by atoms with E-state index in [0.717, 1.165) is 62.5 Å². The number of amides is 1. The molecule has 0 aromatic carbocycles. The van der Waals surface area contributed by atoms with E-state index in [0.29, 0.717) is 23.8 Å². The predicted molar refractivity (Wildman–Crippen MR) is 192 cm³/mol. The lowest BCUT2D eigenvalue weighted by molar-refractivity contribution is -0.232. The van der Waals surface area contributed by atoms with Gasteiger partial charge in [-0.25, -0.2) is 0 Å². The summed E-state index contributed by atoms with van der Waals surface area (Å²) in [6.07, 6.45) is 10.9. The highest BCUT2D eigenvalue weighted by Gasteiger charge is 2.70. The van der Waals surface area contributed by atoms with E-state index in [2.05, 4.69) is 58.8 Å². The first-order chi connectivity index (χ1) is 23.1. The SMILES string of the molecule is Cc1cncc(C(=O)N[C@@]23CC[C@]4(C)[C@H](CC[C@@H]5[C@@]6(C)CC[C@H](OC(=O)CC(C)(C)C(=O)O)C(C)(C)[C@@H]6CC[C@]54C)C2=C(C(C)C)C(=O)C3)c1. The summed E-state index contributed by atoms with van der Waals surface area (Å²) in [6.45, 7) is 21.4. The minimum Gasteiger partial charge on any atom is -0.481 e. The van der Waals surface area contributed by atoms with Crippen LogP contribution in [0.5, 0.6) is 0 Å². The van der Waals surface area contributed by atoms with Crippen molar-refractivity contribution in [1.82, 2.24) is 10.3 Å². The number of esters is 1. The minimum atomic E-state index is -1.17.